The van der Waals surface area contributed by atoms with Crippen LogP contribution in [0, 0.1) is 0 Å². The Bertz CT molecular complexity index is 320. The zero-order valence-corrected chi connectivity index (χ0v) is 10.9. The number of amides is 1. The van der Waals surface area contributed by atoms with Crippen LogP contribution in [0.4, 0.5) is 0 Å². The van der Waals surface area contributed by atoms with Crippen LogP contribution in [0.3, 0.4) is 0 Å². The Hall–Kier alpha value is -1.30. The van der Waals surface area contributed by atoms with Crippen LogP contribution in [-0.2, 0) is 4.79 Å². The summed E-state index contributed by atoms with van der Waals surface area (Å²) >= 11 is 0. The minimum atomic E-state index is -0.318. The first kappa shape index (κ1) is 13.1. The Morgan fingerprint density at radius 2 is 1.94 bits per heavy atom. The van der Waals surface area contributed by atoms with E-state index in [2.05, 4.69) is 21.1 Å². The molecule has 2 aliphatic carbocycles. The van der Waals surface area contributed by atoms with E-state index in [4.69, 9.17) is 5.84 Å². The van der Waals surface area contributed by atoms with Crippen molar-refractivity contribution in [3.63, 3.8) is 0 Å². The fourth-order valence-electron chi connectivity index (χ4n) is 2.16. The standard InChI is InChI=1S/C12H23N5O/c1-8(11(18)15-10-6-7-10)14-12(17-13)16-9-4-2-3-5-9/h8-10H,2-7,13H2,1H3,(H,15,18)(H2,14,16,17). The highest BCUT2D eigenvalue weighted by molar-refractivity contribution is 5.88. The highest BCUT2D eigenvalue weighted by Crippen LogP contribution is 2.20. The summed E-state index contributed by atoms with van der Waals surface area (Å²) in [6.45, 7) is 1.82. The van der Waals surface area contributed by atoms with E-state index in [1.54, 1.807) is 0 Å². The van der Waals surface area contributed by atoms with E-state index in [0.29, 0.717) is 18.0 Å². The SMILES string of the molecule is CC(NC(=NC1CCCC1)NN)C(=O)NC1CC1. The number of rotatable bonds is 4. The second-order valence-electron chi connectivity index (χ2n) is 5.21. The predicted octanol–water partition coefficient (Wildman–Crippen LogP) is 0.00500. The first-order valence-corrected chi connectivity index (χ1v) is 6.80. The van der Waals surface area contributed by atoms with Gasteiger partial charge < -0.3 is 10.6 Å². The third-order valence-electron chi connectivity index (χ3n) is 3.44. The fraction of sp³-hybridized carbons (Fsp3) is 0.833. The lowest BCUT2D eigenvalue weighted by Crippen LogP contribution is -2.51. The summed E-state index contributed by atoms with van der Waals surface area (Å²) < 4.78 is 0. The molecule has 1 amide bonds. The highest BCUT2D eigenvalue weighted by atomic mass is 16.2. The lowest BCUT2D eigenvalue weighted by molar-refractivity contribution is -0.122. The molecule has 0 radical (unpaired) electrons. The number of nitrogens with two attached hydrogens (primary N) is 1. The average molecular weight is 253 g/mol. The topological polar surface area (TPSA) is 91.5 Å². The van der Waals surface area contributed by atoms with Crippen LogP contribution < -0.4 is 21.9 Å². The van der Waals surface area contributed by atoms with Gasteiger partial charge in [-0.2, -0.15) is 0 Å². The largest absolute Gasteiger partial charge is 0.352 e. The Morgan fingerprint density at radius 3 is 2.50 bits per heavy atom. The second kappa shape index (κ2) is 6.04. The summed E-state index contributed by atoms with van der Waals surface area (Å²) in [6.07, 6.45) is 6.85. The number of carbonyl (C=O) groups is 1. The van der Waals surface area contributed by atoms with E-state index in [1.807, 2.05) is 6.92 Å². The van der Waals surface area contributed by atoms with Crippen LogP contribution in [0.2, 0.25) is 0 Å². The highest BCUT2D eigenvalue weighted by Gasteiger charge is 2.26. The van der Waals surface area contributed by atoms with Gasteiger partial charge in [0.15, 0.2) is 0 Å². The molecule has 2 aliphatic rings. The summed E-state index contributed by atoms with van der Waals surface area (Å²) in [4.78, 5) is 16.3. The van der Waals surface area contributed by atoms with Gasteiger partial charge >= 0.3 is 0 Å². The maximum absolute atomic E-state index is 11.8. The summed E-state index contributed by atoms with van der Waals surface area (Å²) in [5.41, 5.74) is 2.54. The number of nitrogens with one attached hydrogen (secondary N) is 3. The maximum atomic E-state index is 11.8. The molecule has 0 saturated heterocycles. The van der Waals surface area contributed by atoms with Crippen LogP contribution in [0.25, 0.3) is 0 Å². The van der Waals surface area contributed by atoms with Crippen molar-refractivity contribution in [2.24, 2.45) is 10.8 Å². The Kier molecular flexibility index (Phi) is 4.41. The smallest absolute Gasteiger partial charge is 0.242 e. The fourth-order valence-corrected chi connectivity index (χ4v) is 2.16. The van der Waals surface area contributed by atoms with Gasteiger partial charge in [-0.25, -0.2) is 10.8 Å². The van der Waals surface area contributed by atoms with Crippen LogP contribution in [0.15, 0.2) is 4.99 Å². The minimum Gasteiger partial charge on any atom is -0.352 e. The number of hydrogen-bond donors (Lipinski definition) is 4. The molecular weight excluding hydrogens is 230 g/mol. The van der Waals surface area contributed by atoms with Crippen LogP contribution >= 0.6 is 0 Å². The lowest BCUT2D eigenvalue weighted by atomic mass is 10.3. The molecule has 6 nitrogen and oxygen atoms in total. The zero-order valence-electron chi connectivity index (χ0n) is 10.9. The van der Waals surface area contributed by atoms with Gasteiger partial charge in [-0.3, -0.25) is 10.2 Å². The monoisotopic (exact) mass is 253 g/mol. The average Bonchev–Trinajstić information content (AvgIpc) is 3.02. The van der Waals surface area contributed by atoms with Gasteiger partial charge in [0.05, 0.1) is 6.04 Å². The van der Waals surface area contributed by atoms with Gasteiger partial charge in [-0.15, -0.1) is 0 Å². The molecule has 0 aromatic rings. The molecule has 0 heterocycles. The van der Waals surface area contributed by atoms with Gasteiger partial charge in [0, 0.05) is 6.04 Å². The van der Waals surface area contributed by atoms with Gasteiger partial charge in [0.25, 0.3) is 0 Å². The molecule has 2 saturated carbocycles. The van der Waals surface area contributed by atoms with E-state index in [1.165, 1.54) is 12.8 Å². The number of hydrazine groups is 1. The molecule has 1 atom stereocenters. The maximum Gasteiger partial charge on any atom is 0.242 e. The van der Waals surface area contributed by atoms with E-state index < -0.39 is 0 Å². The third kappa shape index (κ3) is 3.87. The zero-order chi connectivity index (χ0) is 13.0. The first-order valence-electron chi connectivity index (χ1n) is 6.80. The normalized spacial score (nSPS) is 22.7. The van der Waals surface area contributed by atoms with Crippen molar-refractivity contribution in [1.82, 2.24) is 16.1 Å². The van der Waals surface area contributed by atoms with Crippen LogP contribution in [-0.4, -0.2) is 30.0 Å². The summed E-state index contributed by atoms with van der Waals surface area (Å²) in [5.74, 6) is 5.96. The van der Waals surface area contributed by atoms with Crippen molar-refractivity contribution in [3.8, 4) is 0 Å². The van der Waals surface area contributed by atoms with Crippen molar-refractivity contribution in [3.05, 3.63) is 0 Å². The van der Waals surface area contributed by atoms with Crippen molar-refractivity contribution in [1.29, 1.82) is 0 Å². The Labute approximate surface area is 108 Å². The molecule has 0 aliphatic heterocycles. The third-order valence-corrected chi connectivity index (χ3v) is 3.44. The molecule has 2 fully saturated rings. The molecule has 102 valence electrons. The molecule has 0 spiro atoms. The molecule has 0 bridgehead atoms. The number of nitrogens with zero attached hydrogens (tertiary/aromatic N) is 1. The van der Waals surface area contributed by atoms with Gasteiger partial charge in [0.2, 0.25) is 11.9 Å². The minimum absolute atomic E-state index is 0.00636. The van der Waals surface area contributed by atoms with Crippen molar-refractivity contribution < 1.29 is 4.79 Å². The van der Waals surface area contributed by atoms with E-state index >= 15 is 0 Å². The molecule has 18 heavy (non-hydrogen) atoms. The second-order valence-corrected chi connectivity index (χ2v) is 5.21. The molecule has 1 unspecified atom stereocenters. The molecular formula is C12H23N5O. The van der Waals surface area contributed by atoms with Crippen molar-refractivity contribution in [2.75, 3.05) is 0 Å². The quantitative estimate of drug-likeness (QED) is 0.246. The lowest BCUT2D eigenvalue weighted by Gasteiger charge is -2.17. The molecule has 2 rings (SSSR count). The molecule has 5 N–H and O–H groups in total. The summed E-state index contributed by atoms with van der Waals surface area (Å²) in [6, 6.07) is 0.395. The summed E-state index contributed by atoms with van der Waals surface area (Å²) in [5, 5.41) is 5.98. The molecule has 6 heteroatoms. The number of hydrogen-bond acceptors (Lipinski definition) is 3. The van der Waals surface area contributed by atoms with Crippen LogP contribution in [0.5, 0.6) is 0 Å². The van der Waals surface area contributed by atoms with E-state index in [-0.39, 0.29) is 11.9 Å². The van der Waals surface area contributed by atoms with Gasteiger partial charge in [-0.05, 0) is 32.6 Å². The number of guanidine groups is 1. The predicted molar refractivity (Wildman–Crippen MR) is 70.8 cm³/mol. The van der Waals surface area contributed by atoms with E-state index in [0.717, 1.165) is 25.7 Å². The Balaban J connectivity index is 1.81. The first-order chi connectivity index (χ1) is 8.69. The van der Waals surface area contributed by atoms with Crippen LogP contribution in [0.1, 0.15) is 45.4 Å². The molecule has 0 aromatic carbocycles. The Morgan fingerprint density at radius 1 is 1.28 bits per heavy atom. The summed E-state index contributed by atoms with van der Waals surface area (Å²) in [7, 11) is 0. The number of aliphatic imine (C=N–C) groups is 1. The van der Waals surface area contributed by atoms with Crippen molar-refractivity contribution in [2.45, 2.75) is 63.6 Å². The van der Waals surface area contributed by atoms with Gasteiger partial charge in [0.1, 0.15) is 6.04 Å². The van der Waals surface area contributed by atoms with E-state index in [9.17, 15) is 4.79 Å². The van der Waals surface area contributed by atoms with Crippen molar-refractivity contribution >= 4 is 11.9 Å². The van der Waals surface area contributed by atoms with Gasteiger partial charge in [-0.1, -0.05) is 12.8 Å². The molecule has 0 aromatic heterocycles. The number of carbonyl (C=O) groups excluding carboxylic acids is 1.